The number of allylic oxidation sites excluding steroid dienone is 2. The summed E-state index contributed by atoms with van der Waals surface area (Å²) >= 11 is 0. The Morgan fingerprint density at radius 2 is 2.09 bits per heavy atom. The van der Waals surface area contributed by atoms with E-state index in [9.17, 15) is 0 Å². The summed E-state index contributed by atoms with van der Waals surface area (Å²) in [6.45, 7) is 10.7. The molecule has 0 saturated carbocycles. The zero-order valence-corrected chi connectivity index (χ0v) is 7.72. The highest BCUT2D eigenvalue weighted by Crippen LogP contribution is 1.94. The third kappa shape index (κ3) is 5.59. The Balaban J connectivity index is 3.86. The van der Waals surface area contributed by atoms with Crippen molar-refractivity contribution < 1.29 is 0 Å². The molecule has 0 aliphatic rings. The summed E-state index contributed by atoms with van der Waals surface area (Å²) in [6, 6.07) is 0. The molecule has 0 N–H and O–H groups in total. The SMILES string of the molecule is C=C/C=C(\C)C/N=C(/C)CC. The Morgan fingerprint density at radius 1 is 1.45 bits per heavy atom. The highest BCUT2D eigenvalue weighted by molar-refractivity contribution is 5.81. The van der Waals surface area contributed by atoms with Crippen LogP contribution >= 0.6 is 0 Å². The fourth-order valence-corrected chi connectivity index (χ4v) is 0.625. The lowest BCUT2D eigenvalue weighted by atomic mass is 10.2. The van der Waals surface area contributed by atoms with Gasteiger partial charge in [-0.05, 0) is 20.3 Å². The number of aliphatic imine (C=N–C) groups is 1. The minimum absolute atomic E-state index is 0.811. The third-order valence-corrected chi connectivity index (χ3v) is 1.51. The second-order valence-electron chi connectivity index (χ2n) is 2.65. The zero-order chi connectivity index (χ0) is 8.69. The molecule has 11 heavy (non-hydrogen) atoms. The van der Waals surface area contributed by atoms with E-state index in [-0.39, 0.29) is 0 Å². The van der Waals surface area contributed by atoms with Gasteiger partial charge in [-0.3, -0.25) is 4.99 Å². The highest BCUT2D eigenvalue weighted by Gasteiger charge is 1.86. The molecular formula is C10H17N. The predicted molar refractivity (Wildman–Crippen MR) is 52.2 cm³/mol. The zero-order valence-electron chi connectivity index (χ0n) is 7.72. The maximum atomic E-state index is 4.36. The maximum absolute atomic E-state index is 4.36. The van der Waals surface area contributed by atoms with Gasteiger partial charge in [0.15, 0.2) is 0 Å². The molecule has 0 aromatic carbocycles. The normalized spacial score (nSPS) is 13.4. The molecule has 0 unspecified atom stereocenters. The van der Waals surface area contributed by atoms with E-state index < -0.39 is 0 Å². The van der Waals surface area contributed by atoms with Crippen LogP contribution in [0.15, 0.2) is 29.3 Å². The van der Waals surface area contributed by atoms with Crippen LogP contribution in [-0.4, -0.2) is 12.3 Å². The van der Waals surface area contributed by atoms with Crippen LogP contribution in [0.3, 0.4) is 0 Å². The van der Waals surface area contributed by atoms with E-state index >= 15 is 0 Å². The van der Waals surface area contributed by atoms with Crippen LogP contribution in [0.1, 0.15) is 27.2 Å². The molecule has 0 aromatic heterocycles. The van der Waals surface area contributed by atoms with Crippen molar-refractivity contribution >= 4 is 5.71 Å². The summed E-state index contributed by atoms with van der Waals surface area (Å²) in [4.78, 5) is 4.36. The lowest BCUT2D eigenvalue weighted by Gasteiger charge is -1.96. The summed E-state index contributed by atoms with van der Waals surface area (Å²) in [5.74, 6) is 0. The monoisotopic (exact) mass is 151 g/mol. The summed E-state index contributed by atoms with van der Waals surface area (Å²) in [5.41, 5.74) is 2.47. The molecule has 0 aromatic rings. The van der Waals surface area contributed by atoms with Gasteiger partial charge in [-0.2, -0.15) is 0 Å². The van der Waals surface area contributed by atoms with Crippen LogP contribution in [0.5, 0.6) is 0 Å². The molecule has 0 aliphatic carbocycles. The molecule has 0 radical (unpaired) electrons. The Bertz CT molecular complexity index is 175. The quantitative estimate of drug-likeness (QED) is 0.432. The van der Waals surface area contributed by atoms with Crippen molar-refractivity contribution in [3.8, 4) is 0 Å². The average Bonchev–Trinajstić information content (AvgIpc) is 2.01. The molecule has 0 atom stereocenters. The molecule has 0 aliphatic heterocycles. The molecule has 62 valence electrons. The van der Waals surface area contributed by atoms with Crippen LogP contribution in [0.25, 0.3) is 0 Å². The smallest absolute Gasteiger partial charge is 0.0599 e. The standard InChI is InChI=1S/C10H17N/c1-5-7-9(3)8-11-10(4)6-2/h5,7H,1,6,8H2,2-4H3/b9-7+,11-10-. The van der Waals surface area contributed by atoms with Crippen molar-refractivity contribution in [3.05, 3.63) is 24.3 Å². The highest BCUT2D eigenvalue weighted by atomic mass is 14.7. The van der Waals surface area contributed by atoms with Crippen molar-refractivity contribution in [2.75, 3.05) is 6.54 Å². The Morgan fingerprint density at radius 3 is 2.55 bits per heavy atom. The van der Waals surface area contributed by atoms with Gasteiger partial charge in [0, 0.05) is 5.71 Å². The minimum atomic E-state index is 0.811. The molecule has 0 spiro atoms. The number of hydrogen-bond acceptors (Lipinski definition) is 1. The van der Waals surface area contributed by atoms with Crippen molar-refractivity contribution in [1.82, 2.24) is 0 Å². The lowest BCUT2D eigenvalue weighted by Crippen LogP contribution is -1.91. The fourth-order valence-electron chi connectivity index (χ4n) is 0.625. The van der Waals surface area contributed by atoms with Gasteiger partial charge >= 0.3 is 0 Å². The summed E-state index contributed by atoms with van der Waals surface area (Å²) in [5, 5.41) is 0. The van der Waals surface area contributed by atoms with Crippen LogP contribution < -0.4 is 0 Å². The third-order valence-electron chi connectivity index (χ3n) is 1.51. The first-order chi connectivity index (χ1) is 5.20. The van der Waals surface area contributed by atoms with Gasteiger partial charge in [0.25, 0.3) is 0 Å². The van der Waals surface area contributed by atoms with E-state index in [0.717, 1.165) is 13.0 Å². The molecular weight excluding hydrogens is 134 g/mol. The van der Waals surface area contributed by atoms with Crippen molar-refractivity contribution in [2.45, 2.75) is 27.2 Å². The summed E-state index contributed by atoms with van der Waals surface area (Å²) in [7, 11) is 0. The average molecular weight is 151 g/mol. The second-order valence-corrected chi connectivity index (χ2v) is 2.65. The van der Waals surface area contributed by atoms with Gasteiger partial charge in [-0.1, -0.05) is 31.2 Å². The van der Waals surface area contributed by atoms with E-state index in [1.165, 1.54) is 11.3 Å². The lowest BCUT2D eigenvalue weighted by molar-refractivity contribution is 1.10. The molecule has 0 amide bonds. The van der Waals surface area contributed by atoms with Gasteiger partial charge in [0.1, 0.15) is 0 Å². The molecule has 0 rings (SSSR count). The van der Waals surface area contributed by atoms with Crippen LogP contribution in [0.4, 0.5) is 0 Å². The fraction of sp³-hybridized carbons (Fsp3) is 0.500. The van der Waals surface area contributed by atoms with Crippen LogP contribution in [0, 0.1) is 0 Å². The van der Waals surface area contributed by atoms with Crippen molar-refractivity contribution in [1.29, 1.82) is 0 Å². The van der Waals surface area contributed by atoms with Gasteiger partial charge in [0.2, 0.25) is 0 Å². The van der Waals surface area contributed by atoms with Crippen molar-refractivity contribution in [2.24, 2.45) is 4.99 Å². The van der Waals surface area contributed by atoms with Gasteiger partial charge in [0.05, 0.1) is 6.54 Å². The maximum Gasteiger partial charge on any atom is 0.0599 e. The Hall–Kier alpha value is -0.850. The van der Waals surface area contributed by atoms with Crippen LogP contribution in [-0.2, 0) is 0 Å². The van der Waals surface area contributed by atoms with Gasteiger partial charge in [-0.25, -0.2) is 0 Å². The molecule has 1 nitrogen and oxygen atoms in total. The molecule has 0 bridgehead atoms. The molecule has 0 fully saturated rings. The topological polar surface area (TPSA) is 12.4 Å². The first kappa shape index (κ1) is 10.2. The predicted octanol–water partition coefficient (Wildman–Crippen LogP) is 2.99. The molecule has 0 heterocycles. The van der Waals surface area contributed by atoms with E-state index in [0.29, 0.717) is 0 Å². The first-order valence-corrected chi connectivity index (χ1v) is 3.98. The second kappa shape index (κ2) is 5.90. The van der Waals surface area contributed by atoms with E-state index in [1.807, 2.05) is 6.08 Å². The number of hydrogen-bond donors (Lipinski definition) is 0. The summed E-state index contributed by atoms with van der Waals surface area (Å²) < 4.78 is 0. The van der Waals surface area contributed by atoms with Crippen LogP contribution in [0.2, 0.25) is 0 Å². The number of nitrogens with zero attached hydrogens (tertiary/aromatic N) is 1. The van der Waals surface area contributed by atoms with Gasteiger partial charge < -0.3 is 0 Å². The largest absolute Gasteiger partial charge is 0.290 e. The number of rotatable bonds is 4. The van der Waals surface area contributed by atoms with E-state index in [1.54, 1.807) is 6.08 Å². The molecule has 0 saturated heterocycles. The van der Waals surface area contributed by atoms with E-state index in [4.69, 9.17) is 0 Å². The van der Waals surface area contributed by atoms with Gasteiger partial charge in [-0.15, -0.1) is 0 Å². The Kier molecular flexibility index (Phi) is 5.44. The van der Waals surface area contributed by atoms with Crippen molar-refractivity contribution in [3.63, 3.8) is 0 Å². The minimum Gasteiger partial charge on any atom is -0.290 e. The first-order valence-electron chi connectivity index (χ1n) is 3.98. The van der Waals surface area contributed by atoms with E-state index in [2.05, 4.69) is 32.3 Å². The Labute approximate surface area is 69.5 Å². The molecule has 1 heteroatoms. The summed E-state index contributed by atoms with van der Waals surface area (Å²) in [6.07, 6.45) is 4.83.